The summed E-state index contributed by atoms with van der Waals surface area (Å²) in [6.45, 7) is 4.23. The number of rotatable bonds is 5. The second kappa shape index (κ2) is 6.92. The van der Waals surface area contributed by atoms with E-state index >= 15 is 0 Å². The van der Waals surface area contributed by atoms with Crippen molar-refractivity contribution in [2.45, 2.75) is 25.0 Å². The normalized spacial score (nSPS) is 13.8. The van der Waals surface area contributed by atoms with E-state index in [-0.39, 0.29) is 18.7 Å². The van der Waals surface area contributed by atoms with Gasteiger partial charge < -0.3 is 19.8 Å². The molecule has 134 valence electrons. The minimum Gasteiger partial charge on any atom is -0.454 e. The molecule has 2 heterocycles. The van der Waals surface area contributed by atoms with Gasteiger partial charge in [0.25, 0.3) is 0 Å². The van der Waals surface area contributed by atoms with Crippen LogP contribution in [-0.4, -0.2) is 28.4 Å². The highest BCUT2D eigenvalue weighted by Crippen LogP contribution is 2.34. The first-order valence-electron chi connectivity index (χ1n) is 8.36. The SMILES string of the molecule is Cc1ccc2nc(SCC(=O)N[C@@H](C)c3ccc4c(c3)OCO4)[nH]c2c1. The fourth-order valence-electron chi connectivity index (χ4n) is 2.85. The standard InChI is InChI=1S/C19H19N3O3S/c1-11-3-5-14-15(7-11)22-19(21-14)26-9-18(23)20-12(2)13-4-6-16-17(8-13)25-10-24-16/h3-8,12H,9-10H2,1-2H3,(H,20,23)(H,21,22)/t12-/m0/s1. The Balaban J connectivity index is 1.35. The van der Waals surface area contributed by atoms with Crippen molar-refractivity contribution in [1.82, 2.24) is 15.3 Å². The van der Waals surface area contributed by atoms with Crippen LogP contribution in [0.25, 0.3) is 11.0 Å². The number of hydrogen-bond acceptors (Lipinski definition) is 5. The molecule has 0 saturated heterocycles. The summed E-state index contributed by atoms with van der Waals surface area (Å²) in [5.74, 6) is 1.71. The van der Waals surface area contributed by atoms with E-state index in [9.17, 15) is 4.79 Å². The quantitative estimate of drug-likeness (QED) is 0.673. The number of hydrogen-bond donors (Lipinski definition) is 2. The Morgan fingerprint density at radius 3 is 3.00 bits per heavy atom. The third-order valence-corrected chi connectivity index (χ3v) is 5.10. The number of thioether (sulfide) groups is 1. The Morgan fingerprint density at radius 2 is 2.12 bits per heavy atom. The summed E-state index contributed by atoms with van der Waals surface area (Å²) in [5.41, 5.74) is 4.05. The number of aromatic nitrogens is 2. The topological polar surface area (TPSA) is 76.2 Å². The van der Waals surface area contributed by atoms with Crippen LogP contribution >= 0.6 is 11.8 Å². The molecule has 2 N–H and O–H groups in total. The molecule has 1 aliphatic heterocycles. The second-order valence-electron chi connectivity index (χ2n) is 6.25. The molecule has 3 aromatic rings. The van der Waals surface area contributed by atoms with Gasteiger partial charge in [-0.25, -0.2) is 4.98 Å². The number of nitrogens with zero attached hydrogens (tertiary/aromatic N) is 1. The molecule has 1 atom stereocenters. The van der Waals surface area contributed by atoms with Gasteiger partial charge in [0, 0.05) is 0 Å². The van der Waals surface area contributed by atoms with Gasteiger partial charge in [-0.05, 0) is 49.2 Å². The monoisotopic (exact) mass is 369 g/mol. The Labute approximate surface area is 155 Å². The van der Waals surface area contributed by atoms with Crippen LogP contribution < -0.4 is 14.8 Å². The highest BCUT2D eigenvalue weighted by molar-refractivity contribution is 7.99. The molecule has 1 aromatic heterocycles. The smallest absolute Gasteiger partial charge is 0.231 e. The summed E-state index contributed by atoms with van der Waals surface area (Å²) < 4.78 is 10.7. The predicted molar refractivity (Wildman–Crippen MR) is 101 cm³/mol. The maximum Gasteiger partial charge on any atom is 0.231 e. The summed E-state index contributed by atoms with van der Waals surface area (Å²) in [5, 5.41) is 3.75. The van der Waals surface area contributed by atoms with Crippen LogP contribution in [0.4, 0.5) is 0 Å². The Hall–Kier alpha value is -2.67. The van der Waals surface area contributed by atoms with E-state index in [2.05, 4.69) is 15.3 Å². The Morgan fingerprint density at radius 1 is 1.27 bits per heavy atom. The first-order valence-corrected chi connectivity index (χ1v) is 9.35. The van der Waals surface area contributed by atoms with Crippen molar-refractivity contribution in [3.8, 4) is 11.5 Å². The minimum absolute atomic E-state index is 0.0446. The van der Waals surface area contributed by atoms with Crippen LogP contribution in [0.5, 0.6) is 11.5 Å². The lowest BCUT2D eigenvalue weighted by Crippen LogP contribution is -2.28. The largest absolute Gasteiger partial charge is 0.454 e. The number of imidazole rings is 1. The molecular formula is C19H19N3O3S. The average molecular weight is 369 g/mol. The zero-order valence-corrected chi connectivity index (χ0v) is 15.4. The van der Waals surface area contributed by atoms with Crippen molar-refractivity contribution in [2.75, 3.05) is 12.5 Å². The van der Waals surface area contributed by atoms with Gasteiger partial charge in [-0.15, -0.1) is 0 Å². The number of aromatic amines is 1. The number of amides is 1. The molecule has 6 nitrogen and oxygen atoms in total. The molecule has 0 fully saturated rings. The van der Waals surface area contributed by atoms with Gasteiger partial charge in [-0.3, -0.25) is 4.79 Å². The van der Waals surface area contributed by atoms with E-state index in [1.54, 1.807) is 0 Å². The van der Waals surface area contributed by atoms with Gasteiger partial charge in [-0.1, -0.05) is 23.9 Å². The van der Waals surface area contributed by atoms with Crippen molar-refractivity contribution < 1.29 is 14.3 Å². The maximum atomic E-state index is 12.3. The van der Waals surface area contributed by atoms with Crippen molar-refractivity contribution in [2.24, 2.45) is 0 Å². The molecule has 0 bridgehead atoms. The molecule has 1 amide bonds. The van der Waals surface area contributed by atoms with E-state index in [1.807, 2.05) is 50.2 Å². The zero-order valence-electron chi connectivity index (χ0n) is 14.5. The number of carbonyl (C=O) groups excluding carboxylic acids is 1. The van der Waals surface area contributed by atoms with Crippen LogP contribution in [0.1, 0.15) is 24.1 Å². The van der Waals surface area contributed by atoms with Crippen molar-refractivity contribution in [3.05, 3.63) is 47.5 Å². The molecule has 2 aromatic carbocycles. The number of fused-ring (bicyclic) bond motifs is 2. The highest BCUT2D eigenvalue weighted by atomic mass is 32.2. The predicted octanol–water partition coefficient (Wildman–Crippen LogP) is 3.57. The molecule has 4 rings (SSSR count). The van der Waals surface area contributed by atoms with Gasteiger partial charge in [0.05, 0.1) is 22.8 Å². The average Bonchev–Trinajstić information content (AvgIpc) is 3.24. The molecule has 1 aliphatic rings. The van der Waals surface area contributed by atoms with Gasteiger partial charge in [-0.2, -0.15) is 0 Å². The number of aryl methyl sites for hydroxylation is 1. The van der Waals surface area contributed by atoms with E-state index in [0.717, 1.165) is 33.3 Å². The van der Waals surface area contributed by atoms with Gasteiger partial charge in [0.1, 0.15) is 0 Å². The van der Waals surface area contributed by atoms with E-state index < -0.39 is 0 Å². The van der Waals surface area contributed by atoms with E-state index in [0.29, 0.717) is 5.75 Å². The molecular weight excluding hydrogens is 350 g/mol. The summed E-state index contributed by atoms with van der Waals surface area (Å²) in [7, 11) is 0. The third kappa shape index (κ3) is 3.48. The fourth-order valence-corrected chi connectivity index (χ4v) is 3.55. The number of H-pyrrole nitrogens is 1. The third-order valence-electron chi connectivity index (χ3n) is 4.23. The summed E-state index contributed by atoms with van der Waals surface area (Å²) in [4.78, 5) is 20.0. The van der Waals surface area contributed by atoms with Crippen LogP contribution in [0, 0.1) is 6.92 Å². The van der Waals surface area contributed by atoms with Crippen LogP contribution in [0.3, 0.4) is 0 Å². The Kier molecular flexibility index (Phi) is 4.46. The van der Waals surface area contributed by atoms with E-state index in [1.165, 1.54) is 17.3 Å². The summed E-state index contributed by atoms with van der Waals surface area (Å²) in [6.07, 6.45) is 0. The first-order chi connectivity index (χ1) is 12.6. The van der Waals surface area contributed by atoms with Gasteiger partial charge in [0.2, 0.25) is 12.7 Å². The molecule has 0 radical (unpaired) electrons. The van der Waals surface area contributed by atoms with Crippen molar-refractivity contribution >= 4 is 28.7 Å². The lowest BCUT2D eigenvalue weighted by molar-refractivity contribution is -0.119. The van der Waals surface area contributed by atoms with E-state index in [4.69, 9.17) is 9.47 Å². The summed E-state index contributed by atoms with van der Waals surface area (Å²) in [6, 6.07) is 11.6. The first kappa shape index (κ1) is 16.8. The second-order valence-corrected chi connectivity index (χ2v) is 7.22. The Bertz CT molecular complexity index is 970. The number of ether oxygens (including phenoxy) is 2. The number of nitrogens with one attached hydrogen (secondary N) is 2. The van der Waals surface area contributed by atoms with Crippen LogP contribution in [0.15, 0.2) is 41.6 Å². The van der Waals surface area contributed by atoms with Gasteiger partial charge in [0.15, 0.2) is 16.7 Å². The molecule has 0 saturated carbocycles. The minimum atomic E-state index is -0.115. The lowest BCUT2D eigenvalue weighted by Gasteiger charge is -2.14. The fraction of sp³-hybridized carbons (Fsp3) is 0.263. The number of benzene rings is 2. The highest BCUT2D eigenvalue weighted by Gasteiger charge is 2.17. The molecule has 0 spiro atoms. The summed E-state index contributed by atoms with van der Waals surface area (Å²) >= 11 is 1.39. The van der Waals surface area contributed by atoms with Crippen molar-refractivity contribution in [3.63, 3.8) is 0 Å². The zero-order chi connectivity index (χ0) is 18.1. The van der Waals surface area contributed by atoms with Crippen LogP contribution in [0.2, 0.25) is 0 Å². The molecule has 26 heavy (non-hydrogen) atoms. The van der Waals surface area contributed by atoms with Gasteiger partial charge >= 0.3 is 0 Å². The molecule has 0 aliphatic carbocycles. The molecule has 0 unspecified atom stereocenters. The maximum absolute atomic E-state index is 12.3. The van der Waals surface area contributed by atoms with Crippen LogP contribution in [-0.2, 0) is 4.79 Å². The number of carbonyl (C=O) groups is 1. The molecule has 7 heteroatoms. The lowest BCUT2D eigenvalue weighted by atomic mass is 10.1. The van der Waals surface area contributed by atoms with Crippen molar-refractivity contribution in [1.29, 1.82) is 0 Å².